The summed E-state index contributed by atoms with van der Waals surface area (Å²) < 4.78 is 46.4. The number of hydrogen-bond donors (Lipinski definition) is 1. The summed E-state index contributed by atoms with van der Waals surface area (Å²) in [6.07, 6.45) is -2.09. The second kappa shape index (κ2) is 4.34. The molecule has 0 saturated heterocycles. The Morgan fingerprint density at radius 1 is 1.53 bits per heavy atom. The number of anilines is 1. The Morgan fingerprint density at radius 3 is 2.47 bits per heavy atom. The van der Waals surface area contributed by atoms with Crippen LogP contribution in [0, 0.1) is 3.57 Å². The Kier molecular flexibility index (Phi) is 3.71. The van der Waals surface area contributed by atoms with E-state index in [9.17, 15) is 17.2 Å². The summed E-state index contributed by atoms with van der Waals surface area (Å²) in [6, 6.07) is 0. The molecule has 0 bridgehead atoms. The van der Waals surface area contributed by atoms with Crippen molar-refractivity contribution in [2.45, 2.75) is 11.3 Å². The zero-order chi connectivity index (χ0) is 11.8. The topological polar surface area (TPSA) is 73.1 Å². The second-order valence-electron chi connectivity index (χ2n) is 2.47. The molecule has 1 aromatic heterocycles. The Bertz CT molecular complexity index is 494. The molecule has 0 unspecified atom stereocenters. The van der Waals surface area contributed by atoms with E-state index in [1.54, 1.807) is 0 Å². The molecule has 1 aromatic rings. The average Bonchev–Trinajstić information content (AvgIpc) is 2.06. The van der Waals surface area contributed by atoms with Gasteiger partial charge in [-0.05, 0) is 22.6 Å². The summed E-state index contributed by atoms with van der Waals surface area (Å²) in [5.74, 6) is 0. The first-order valence-corrected chi connectivity index (χ1v) is 6.80. The van der Waals surface area contributed by atoms with Crippen molar-refractivity contribution in [1.82, 2.24) is 4.98 Å². The van der Waals surface area contributed by atoms with Crippen molar-refractivity contribution in [2.75, 3.05) is 5.73 Å². The molecule has 1 heterocycles. The lowest BCUT2D eigenvalue weighted by Crippen LogP contribution is -2.06. The predicted octanol–water partition coefficient (Wildman–Crippen LogP) is 2.13. The Hall–Kier alpha value is -0.220. The third kappa shape index (κ3) is 2.67. The van der Waals surface area contributed by atoms with Gasteiger partial charge >= 0.3 is 0 Å². The third-order valence-corrected chi connectivity index (χ3v) is 4.00. The molecule has 4 nitrogen and oxygen atoms in total. The van der Waals surface area contributed by atoms with Crippen LogP contribution < -0.4 is 5.73 Å². The van der Waals surface area contributed by atoms with E-state index in [1.165, 1.54) is 22.6 Å². The molecule has 0 aliphatic rings. The highest BCUT2D eigenvalue weighted by atomic mass is 127. The summed E-state index contributed by atoms with van der Waals surface area (Å²) in [6.45, 7) is 0. The number of rotatable bonds is 2. The van der Waals surface area contributed by atoms with E-state index in [0.29, 0.717) is 0 Å². The first-order valence-electron chi connectivity index (χ1n) is 3.42. The highest BCUT2D eigenvalue weighted by Crippen LogP contribution is 2.31. The fourth-order valence-electron chi connectivity index (χ4n) is 0.847. The van der Waals surface area contributed by atoms with Crippen LogP contribution >= 0.6 is 33.3 Å². The van der Waals surface area contributed by atoms with E-state index >= 15 is 0 Å². The summed E-state index contributed by atoms with van der Waals surface area (Å²) in [5.41, 5.74) is 4.50. The molecule has 0 fully saturated rings. The van der Waals surface area contributed by atoms with E-state index in [0.717, 1.165) is 6.20 Å². The highest BCUT2D eigenvalue weighted by molar-refractivity contribution is 14.1. The van der Waals surface area contributed by atoms with Gasteiger partial charge in [0.2, 0.25) is 0 Å². The largest absolute Gasteiger partial charge is 0.397 e. The van der Waals surface area contributed by atoms with Crippen molar-refractivity contribution in [1.29, 1.82) is 0 Å². The number of hydrogen-bond acceptors (Lipinski definition) is 4. The van der Waals surface area contributed by atoms with E-state index in [4.69, 9.17) is 16.4 Å². The van der Waals surface area contributed by atoms with Crippen molar-refractivity contribution in [3.63, 3.8) is 0 Å². The average molecular weight is 369 g/mol. The number of alkyl halides is 2. The molecule has 9 heteroatoms. The first kappa shape index (κ1) is 12.8. The van der Waals surface area contributed by atoms with Crippen LogP contribution in [0.3, 0.4) is 0 Å². The lowest BCUT2D eigenvalue weighted by molar-refractivity contribution is 0.145. The molecule has 84 valence electrons. The molecule has 0 aliphatic carbocycles. The molecular formula is C6H4ClF2IN2O2S. The second-order valence-corrected chi connectivity index (χ2v) is 6.09. The quantitative estimate of drug-likeness (QED) is 0.641. The molecule has 0 atom stereocenters. The number of nitrogens with zero attached hydrogens (tertiary/aromatic N) is 1. The molecule has 15 heavy (non-hydrogen) atoms. The number of aromatic nitrogens is 1. The van der Waals surface area contributed by atoms with Crippen LogP contribution in [-0.4, -0.2) is 13.4 Å². The van der Waals surface area contributed by atoms with E-state index in [1.807, 2.05) is 0 Å². The van der Waals surface area contributed by atoms with Gasteiger partial charge in [0, 0.05) is 16.9 Å². The summed E-state index contributed by atoms with van der Waals surface area (Å²) in [7, 11) is 0.966. The lowest BCUT2D eigenvalue weighted by atomic mass is 10.3. The van der Waals surface area contributed by atoms with Gasteiger partial charge in [-0.15, -0.1) is 0 Å². The number of nitrogen functional groups attached to an aromatic ring is 1. The number of halogens is 4. The van der Waals surface area contributed by atoms with Crippen molar-refractivity contribution >= 4 is 48.0 Å². The Morgan fingerprint density at radius 2 is 2.07 bits per heavy atom. The molecule has 0 amide bonds. The number of pyridine rings is 1. The Labute approximate surface area is 102 Å². The van der Waals surface area contributed by atoms with E-state index in [2.05, 4.69) is 4.98 Å². The van der Waals surface area contributed by atoms with E-state index < -0.39 is 26.1 Å². The molecular weight excluding hydrogens is 364 g/mol. The van der Waals surface area contributed by atoms with Gasteiger partial charge in [0.1, 0.15) is 10.6 Å². The molecule has 2 N–H and O–H groups in total. The summed E-state index contributed by atoms with van der Waals surface area (Å²) >= 11 is 1.50. The van der Waals surface area contributed by atoms with Gasteiger partial charge in [0.25, 0.3) is 15.5 Å². The zero-order valence-corrected chi connectivity index (χ0v) is 10.6. The van der Waals surface area contributed by atoms with Crippen molar-refractivity contribution in [3.05, 3.63) is 15.5 Å². The molecule has 0 saturated carbocycles. The minimum absolute atomic E-state index is 0.107. The van der Waals surface area contributed by atoms with Gasteiger partial charge in [-0.1, -0.05) is 0 Å². The van der Waals surface area contributed by atoms with Gasteiger partial charge in [0.05, 0.1) is 9.26 Å². The fourth-order valence-corrected chi connectivity index (χ4v) is 2.61. The molecule has 0 spiro atoms. The van der Waals surface area contributed by atoms with Gasteiger partial charge in [-0.25, -0.2) is 17.2 Å². The van der Waals surface area contributed by atoms with Gasteiger partial charge in [0.15, 0.2) is 0 Å². The maximum atomic E-state index is 12.3. The lowest BCUT2D eigenvalue weighted by Gasteiger charge is -2.07. The molecule has 1 rings (SSSR count). The van der Waals surface area contributed by atoms with Crippen molar-refractivity contribution in [2.24, 2.45) is 0 Å². The number of nitrogens with two attached hydrogens (primary N) is 1. The molecule has 0 radical (unpaired) electrons. The summed E-state index contributed by atoms with van der Waals surface area (Å²) in [4.78, 5) is 2.84. The van der Waals surface area contributed by atoms with Crippen LogP contribution in [0.2, 0.25) is 0 Å². The third-order valence-electron chi connectivity index (χ3n) is 1.52. The Balaban J connectivity index is 3.48. The monoisotopic (exact) mass is 368 g/mol. The van der Waals surface area contributed by atoms with Gasteiger partial charge < -0.3 is 5.73 Å². The van der Waals surface area contributed by atoms with Crippen LogP contribution in [0.5, 0.6) is 0 Å². The highest BCUT2D eigenvalue weighted by Gasteiger charge is 2.22. The van der Waals surface area contributed by atoms with Crippen LogP contribution in [0.1, 0.15) is 12.1 Å². The predicted molar refractivity (Wildman–Crippen MR) is 59.4 cm³/mol. The maximum absolute atomic E-state index is 12.3. The standard InChI is InChI=1S/C6H4ClF2IN2O2S/c7-15(13,14)2-1-12-5(6(8)9)3(10)4(2)11/h1,6H,(H2,11,12). The van der Waals surface area contributed by atoms with Crippen LogP contribution in [0.15, 0.2) is 11.1 Å². The molecule has 0 aliphatic heterocycles. The normalized spacial score (nSPS) is 12.1. The fraction of sp³-hybridized carbons (Fsp3) is 0.167. The van der Waals surface area contributed by atoms with E-state index in [-0.39, 0.29) is 9.26 Å². The van der Waals surface area contributed by atoms with Crippen LogP contribution in [0.25, 0.3) is 0 Å². The maximum Gasteiger partial charge on any atom is 0.281 e. The van der Waals surface area contributed by atoms with Gasteiger partial charge in [-0.3, -0.25) is 4.98 Å². The SMILES string of the molecule is Nc1c(S(=O)(=O)Cl)cnc(C(F)F)c1I. The minimum atomic E-state index is -4.06. The van der Waals surface area contributed by atoms with Crippen molar-refractivity contribution < 1.29 is 17.2 Å². The zero-order valence-electron chi connectivity index (χ0n) is 6.92. The van der Waals surface area contributed by atoms with Crippen molar-refractivity contribution in [3.8, 4) is 0 Å². The first-order chi connectivity index (χ1) is 6.75. The smallest absolute Gasteiger partial charge is 0.281 e. The van der Waals surface area contributed by atoms with Gasteiger partial charge in [-0.2, -0.15) is 0 Å². The summed E-state index contributed by atoms with van der Waals surface area (Å²) in [5, 5.41) is 0. The van der Waals surface area contributed by atoms with Crippen LogP contribution in [-0.2, 0) is 9.05 Å². The van der Waals surface area contributed by atoms with Crippen LogP contribution in [0.4, 0.5) is 14.5 Å². The molecule has 0 aromatic carbocycles. The minimum Gasteiger partial charge on any atom is -0.397 e.